The highest BCUT2D eigenvalue weighted by Gasteiger charge is 2.26. The van der Waals surface area contributed by atoms with E-state index in [0.29, 0.717) is 0 Å². The molecule has 2 aromatic carbocycles. The predicted molar refractivity (Wildman–Crippen MR) is 105 cm³/mol. The maximum atomic E-state index is 12.5. The fourth-order valence-electron chi connectivity index (χ4n) is 3.26. The number of rotatable bonds is 6. The second-order valence-corrected chi connectivity index (χ2v) is 6.43. The summed E-state index contributed by atoms with van der Waals surface area (Å²) in [5, 5.41) is 3.04. The Morgan fingerprint density at radius 3 is 2.80 bits per heavy atom. The Hall–Kier alpha value is -2.55. The van der Waals surface area contributed by atoms with Crippen molar-refractivity contribution in [1.82, 2.24) is 5.32 Å². The molecule has 1 N–H and O–H groups in total. The van der Waals surface area contributed by atoms with E-state index in [1.54, 1.807) is 0 Å². The van der Waals surface area contributed by atoms with Gasteiger partial charge in [0.05, 0.1) is 5.69 Å². The highest BCUT2D eigenvalue weighted by molar-refractivity contribution is 5.95. The lowest BCUT2D eigenvalue weighted by atomic mass is 10.0. The summed E-state index contributed by atoms with van der Waals surface area (Å²) in [5.41, 5.74) is 4.79. The van der Waals surface area contributed by atoms with Crippen LogP contribution < -0.4 is 10.2 Å². The Bertz CT molecular complexity index is 737. The lowest BCUT2D eigenvalue weighted by Crippen LogP contribution is -2.39. The first-order chi connectivity index (χ1) is 12.3. The number of para-hydroxylation sites is 1. The number of nitrogens with zero attached hydrogens (tertiary/aromatic N) is 1. The number of carbonyl (C=O) groups excluding carboxylic acids is 1. The van der Waals surface area contributed by atoms with Crippen molar-refractivity contribution in [2.45, 2.75) is 32.6 Å². The van der Waals surface area contributed by atoms with Crippen LogP contribution in [0.5, 0.6) is 0 Å². The Morgan fingerprint density at radius 2 is 2.00 bits per heavy atom. The van der Waals surface area contributed by atoms with Gasteiger partial charge in [0.1, 0.15) is 0 Å². The van der Waals surface area contributed by atoms with E-state index in [9.17, 15) is 4.79 Å². The highest BCUT2D eigenvalue weighted by atomic mass is 16.2. The average Bonchev–Trinajstić information content (AvgIpc) is 3.08. The van der Waals surface area contributed by atoms with Crippen LogP contribution in [0.25, 0.3) is 6.08 Å². The molecule has 0 unspecified atom stereocenters. The first kappa shape index (κ1) is 17.3. The van der Waals surface area contributed by atoms with E-state index in [-0.39, 0.29) is 6.03 Å². The molecule has 3 heteroatoms. The Morgan fingerprint density at radius 1 is 1.16 bits per heavy atom. The SMILES string of the molecule is CCCCNC(=O)N1CCc2cccc(C/C=C/c3ccccc3)c21. The number of hydrogen-bond donors (Lipinski definition) is 1. The molecule has 0 aliphatic carbocycles. The minimum atomic E-state index is 0.0340. The third-order valence-electron chi connectivity index (χ3n) is 4.58. The van der Waals surface area contributed by atoms with Crippen LogP contribution in [0.15, 0.2) is 54.6 Å². The first-order valence-corrected chi connectivity index (χ1v) is 9.17. The fourth-order valence-corrected chi connectivity index (χ4v) is 3.26. The summed E-state index contributed by atoms with van der Waals surface area (Å²) < 4.78 is 0. The predicted octanol–water partition coefficient (Wildman–Crippen LogP) is 4.81. The monoisotopic (exact) mass is 334 g/mol. The molecule has 0 radical (unpaired) electrons. The van der Waals surface area contributed by atoms with Crippen LogP contribution in [0.4, 0.5) is 10.5 Å². The van der Waals surface area contributed by atoms with E-state index in [1.807, 2.05) is 23.1 Å². The number of anilines is 1. The molecule has 0 fully saturated rings. The zero-order valence-electron chi connectivity index (χ0n) is 14.9. The van der Waals surface area contributed by atoms with Crippen molar-refractivity contribution in [3.8, 4) is 0 Å². The number of unbranched alkanes of at least 4 members (excludes halogenated alkanes) is 1. The molecule has 0 aromatic heterocycles. The third-order valence-corrected chi connectivity index (χ3v) is 4.58. The second kappa shape index (κ2) is 8.52. The van der Waals surface area contributed by atoms with Gasteiger partial charge in [0.15, 0.2) is 0 Å². The standard InChI is InChI=1S/C22H26N2O/c1-2-3-16-23-22(25)24-17-15-20-14-8-13-19(21(20)24)12-7-11-18-9-5-4-6-10-18/h4-11,13-14H,2-3,12,15-17H2,1H3,(H,23,25)/b11-7+. The summed E-state index contributed by atoms with van der Waals surface area (Å²) in [6, 6.07) is 16.7. The van der Waals surface area contributed by atoms with Gasteiger partial charge in [-0.25, -0.2) is 4.79 Å². The zero-order valence-corrected chi connectivity index (χ0v) is 14.9. The van der Waals surface area contributed by atoms with Crippen molar-refractivity contribution in [2.75, 3.05) is 18.0 Å². The van der Waals surface area contributed by atoms with Crippen LogP contribution in [0, 0.1) is 0 Å². The zero-order chi connectivity index (χ0) is 17.5. The molecule has 0 saturated carbocycles. The van der Waals surface area contributed by atoms with Gasteiger partial charge in [0, 0.05) is 13.1 Å². The van der Waals surface area contributed by atoms with Gasteiger partial charge >= 0.3 is 6.03 Å². The van der Waals surface area contributed by atoms with Crippen molar-refractivity contribution < 1.29 is 4.79 Å². The smallest absolute Gasteiger partial charge is 0.321 e. The van der Waals surface area contributed by atoms with E-state index >= 15 is 0 Å². The minimum Gasteiger partial charge on any atom is -0.338 e. The third kappa shape index (κ3) is 4.30. The van der Waals surface area contributed by atoms with Gasteiger partial charge in [-0.15, -0.1) is 0 Å². The van der Waals surface area contributed by atoms with Gasteiger partial charge in [-0.2, -0.15) is 0 Å². The summed E-state index contributed by atoms with van der Waals surface area (Å²) in [5.74, 6) is 0. The summed E-state index contributed by atoms with van der Waals surface area (Å²) >= 11 is 0. The number of carbonyl (C=O) groups is 1. The highest BCUT2D eigenvalue weighted by Crippen LogP contribution is 2.32. The Balaban J connectivity index is 1.73. The molecule has 1 aliphatic heterocycles. The van der Waals surface area contributed by atoms with Crippen LogP contribution in [-0.4, -0.2) is 19.1 Å². The maximum Gasteiger partial charge on any atom is 0.321 e. The number of benzene rings is 2. The van der Waals surface area contributed by atoms with Gasteiger partial charge in [0.2, 0.25) is 0 Å². The Kier molecular flexibility index (Phi) is 5.89. The normalized spacial score (nSPS) is 13.2. The summed E-state index contributed by atoms with van der Waals surface area (Å²) in [7, 11) is 0. The van der Waals surface area contributed by atoms with E-state index in [4.69, 9.17) is 0 Å². The van der Waals surface area contributed by atoms with Crippen molar-refractivity contribution in [2.24, 2.45) is 0 Å². The molecule has 1 aliphatic rings. The second-order valence-electron chi connectivity index (χ2n) is 6.43. The molecule has 25 heavy (non-hydrogen) atoms. The van der Waals surface area contributed by atoms with Crippen LogP contribution >= 0.6 is 0 Å². The number of amides is 2. The molecule has 3 nitrogen and oxygen atoms in total. The van der Waals surface area contributed by atoms with Crippen LogP contribution in [0.1, 0.15) is 36.5 Å². The molecule has 2 amide bonds. The van der Waals surface area contributed by atoms with Gasteiger partial charge in [-0.3, -0.25) is 4.90 Å². The average molecular weight is 334 g/mol. The lowest BCUT2D eigenvalue weighted by Gasteiger charge is -2.20. The largest absolute Gasteiger partial charge is 0.338 e. The van der Waals surface area contributed by atoms with Crippen LogP contribution in [0.2, 0.25) is 0 Å². The van der Waals surface area contributed by atoms with E-state index < -0.39 is 0 Å². The number of hydrogen-bond acceptors (Lipinski definition) is 1. The van der Waals surface area contributed by atoms with E-state index in [2.05, 4.69) is 54.7 Å². The topological polar surface area (TPSA) is 32.3 Å². The van der Waals surface area contributed by atoms with E-state index in [1.165, 1.54) is 16.7 Å². The quantitative estimate of drug-likeness (QED) is 0.755. The number of urea groups is 1. The molecule has 0 atom stereocenters. The van der Waals surface area contributed by atoms with Crippen molar-refractivity contribution in [3.05, 3.63) is 71.3 Å². The van der Waals surface area contributed by atoms with Gasteiger partial charge in [-0.1, -0.05) is 74.0 Å². The molecule has 0 bridgehead atoms. The van der Waals surface area contributed by atoms with Crippen molar-refractivity contribution in [3.63, 3.8) is 0 Å². The van der Waals surface area contributed by atoms with Gasteiger partial charge in [-0.05, 0) is 36.0 Å². The molecule has 1 heterocycles. The van der Waals surface area contributed by atoms with Crippen molar-refractivity contribution >= 4 is 17.8 Å². The summed E-state index contributed by atoms with van der Waals surface area (Å²) in [4.78, 5) is 14.4. The lowest BCUT2D eigenvalue weighted by molar-refractivity contribution is 0.246. The molecular weight excluding hydrogens is 308 g/mol. The summed E-state index contributed by atoms with van der Waals surface area (Å²) in [6.45, 7) is 3.65. The Labute approximate surface area is 150 Å². The van der Waals surface area contributed by atoms with Crippen molar-refractivity contribution in [1.29, 1.82) is 0 Å². The van der Waals surface area contributed by atoms with Crippen LogP contribution in [-0.2, 0) is 12.8 Å². The molecular formula is C22H26N2O. The summed E-state index contributed by atoms with van der Waals surface area (Å²) in [6.07, 6.45) is 8.19. The van der Waals surface area contributed by atoms with Gasteiger partial charge < -0.3 is 5.32 Å². The minimum absolute atomic E-state index is 0.0340. The first-order valence-electron chi connectivity index (χ1n) is 9.17. The molecule has 130 valence electrons. The van der Waals surface area contributed by atoms with Gasteiger partial charge in [0.25, 0.3) is 0 Å². The molecule has 0 saturated heterocycles. The number of fused-ring (bicyclic) bond motifs is 1. The molecule has 0 spiro atoms. The fraction of sp³-hybridized carbons (Fsp3) is 0.318. The van der Waals surface area contributed by atoms with E-state index in [0.717, 1.165) is 44.5 Å². The molecule has 3 rings (SSSR count). The van der Waals surface area contributed by atoms with Crippen LogP contribution in [0.3, 0.4) is 0 Å². The number of allylic oxidation sites excluding steroid dienone is 1. The maximum absolute atomic E-state index is 12.5. The molecule has 2 aromatic rings. The number of nitrogens with one attached hydrogen (secondary N) is 1.